The highest BCUT2D eigenvalue weighted by atomic mass is 16.5. The fourth-order valence-electron chi connectivity index (χ4n) is 3.44. The van der Waals surface area contributed by atoms with Gasteiger partial charge in [0.15, 0.2) is 0 Å². The summed E-state index contributed by atoms with van der Waals surface area (Å²) >= 11 is 0. The third-order valence-electron chi connectivity index (χ3n) is 4.61. The Balaban J connectivity index is 1.81. The van der Waals surface area contributed by atoms with Crippen molar-refractivity contribution in [3.05, 3.63) is 72.8 Å². The normalized spacial score (nSPS) is 10.7. The summed E-state index contributed by atoms with van der Waals surface area (Å²) in [6, 6.07) is 22.9. The molecule has 29 heavy (non-hydrogen) atoms. The van der Waals surface area contributed by atoms with Crippen LogP contribution < -0.4 is 15.4 Å². The molecule has 4 aromatic rings. The summed E-state index contributed by atoms with van der Waals surface area (Å²) in [5.41, 5.74) is 1.48. The summed E-state index contributed by atoms with van der Waals surface area (Å²) < 4.78 is 6.30. The maximum Gasteiger partial charge on any atom is 0.221 e. The van der Waals surface area contributed by atoms with Crippen LogP contribution in [0.4, 0.5) is 11.4 Å². The van der Waals surface area contributed by atoms with Gasteiger partial charge < -0.3 is 15.4 Å². The first-order valence-electron chi connectivity index (χ1n) is 9.29. The van der Waals surface area contributed by atoms with Crippen LogP contribution >= 0.6 is 0 Å². The van der Waals surface area contributed by atoms with Crippen LogP contribution in [-0.4, -0.2) is 11.8 Å². The molecule has 4 rings (SSSR count). The number of rotatable bonds is 4. The zero-order valence-corrected chi connectivity index (χ0v) is 16.2. The molecule has 2 N–H and O–H groups in total. The van der Waals surface area contributed by atoms with Gasteiger partial charge in [0, 0.05) is 46.8 Å². The van der Waals surface area contributed by atoms with E-state index in [0.29, 0.717) is 11.5 Å². The summed E-state index contributed by atoms with van der Waals surface area (Å²) in [4.78, 5) is 23.0. The van der Waals surface area contributed by atoms with Crippen LogP contribution in [0, 0.1) is 0 Å². The average Bonchev–Trinajstić information content (AvgIpc) is 2.71. The molecule has 0 saturated carbocycles. The van der Waals surface area contributed by atoms with Gasteiger partial charge in [-0.2, -0.15) is 0 Å². The Kier molecular flexibility index (Phi) is 4.87. The van der Waals surface area contributed by atoms with E-state index < -0.39 is 0 Å². The van der Waals surface area contributed by atoms with Gasteiger partial charge in [-0.3, -0.25) is 9.59 Å². The van der Waals surface area contributed by atoms with Crippen LogP contribution in [0.1, 0.15) is 13.8 Å². The summed E-state index contributed by atoms with van der Waals surface area (Å²) in [5, 5.41) is 9.32. The van der Waals surface area contributed by atoms with E-state index in [-0.39, 0.29) is 11.8 Å². The van der Waals surface area contributed by atoms with Gasteiger partial charge in [-0.1, -0.05) is 48.5 Å². The number of nitrogens with one attached hydrogen (secondary N) is 2. The van der Waals surface area contributed by atoms with Gasteiger partial charge in [0.1, 0.15) is 11.5 Å². The van der Waals surface area contributed by atoms with E-state index in [4.69, 9.17) is 4.74 Å². The predicted octanol–water partition coefficient (Wildman–Crippen LogP) is 5.70. The van der Waals surface area contributed by atoms with Gasteiger partial charge in [0.25, 0.3) is 0 Å². The van der Waals surface area contributed by atoms with Crippen molar-refractivity contribution >= 4 is 44.7 Å². The largest absolute Gasteiger partial charge is 0.456 e. The molecule has 0 fully saturated rings. The average molecular weight is 384 g/mol. The van der Waals surface area contributed by atoms with Crippen molar-refractivity contribution in [2.75, 3.05) is 10.6 Å². The van der Waals surface area contributed by atoms with E-state index in [9.17, 15) is 9.59 Å². The Morgan fingerprint density at radius 1 is 0.586 bits per heavy atom. The second-order valence-electron chi connectivity index (χ2n) is 6.78. The van der Waals surface area contributed by atoms with Crippen molar-refractivity contribution in [1.82, 2.24) is 0 Å². The molecule has 0 aliphatic heterocycles. The van der Waals surface area contributed by atoms with E-state index in [1.807, 2.05) is 72.8 Å². The van der Waals surface area contributed by atoms with Gasteiger partial charge in [-0.15, -0.1) is 0 Å². The molecule has 0 radical (unpaired) electrons. The molecule has 144 valence electrons. The Morgan fingerprint density at radius 3 is 1.34 bits per heavy atom. The molecule has 4 aromatic carbocycles. The SMILES string of the molecule is CC(=O)Nc1ccc(Oc2ccc(NC(C)=O)c3ccccc23)c2ccccc12. The lowest BCUT2D eigenvalue weighted by Crippen LogP contribution is -2.06. The molecular weight excluding hydrogens is 364 g/mol. The van der Waals surface area contributed by atoms with E-state index >= 15 is 0 Å². The highest BCUT2D eigenvalue weighted by molar-refractivity contribution is 6.05. The molecule has 0 aliphatic carbocycles. The van der Waals surface area contributed by atoms with E-state index in [0.717, 1.165) is 32.9 Å². The highest BCUT2D eigenvalue weighted by Crippen LogP contribution is 2.38. The first kappa shape index (κ1) is 18.5. The van der Waals surface area contributed by atoms with Crippen molar-refractivity contribution in [2.24, 2.45) is 0 Å². The second kappa shape index (κ2) is 7.64. The topological polar surface area (TPSA) is 67.4 Å². The first-order chi connectivity index (χ1) is 14.0. The van der Waals surface area contributed by atoms with Gasteiger partial charge in [-0.25, -0.2) is 0 Å². The van der Waals surface area contributed by atoms with Crippen LogP contribution in [0.2, 0.25) is 0 Å². The summed E-state index contributed by atoms with van der Waals surface area (Å²) in [5.74, 6) is 1.13. The van der Waals surface area contributed by atoms with Crippen LogP contribution in [-0.2, 0) is 9.59 Å². The summed E-state index contributed by atoms with van der Waals surface area (Å²) in [6.07, 6.45) is 0. The van der Waals surface area contributed by atoms with Crippen LogP contribution in [0.15, 0.2) is 72.8 Å². The standard InChI is InChI=1S/C24H20N2O3/c1-15(27)25-21-11-13-23(19-9-5-3-7-17(19)21)29-24-14-12-22(26-16(2)28)18-8-4-6-10-20(18)24/h3-14H,1-2H3,(H,25,27)(H,26,28). The number of benzene rings is 4. The zero-order valence-electron chi connectivity index (χ0n) is 16.2. The lowest BCUT2D eigenvalue weighted by Gasteiger charge is -2.15. The molecule has 0 saturated heterocycles. The third-order valence-corrected chi connectivity index (χ3v) is 4.61. The highest BCUT2D eigenvalue weighted by Gasteiger charge is 2.12. The fourth-order valence-corrected chi connectivity index (χ4v) is 3.44. The first-order valence-corrected chi connectivity index (χ1v) is 9.29. The van der Waals surface area contributed by atoms with Gasteiger partial charge in [0.2, 0.25) is 11.8 Å². The van der Waals surface area contributed by atoms with Crippen LogP contribution in [0.3, 0.4) is 0 Å². The van der Waals surface area contributed by atoms with Crippen molar-refractivity contribution in [3.8, 4) is 11.5 Å². The quantitative estimate of drug-likeness (QED) is 0.474. The van der Waals surface area contributed by atoms with Crippen molar-refractivity contribution in [3.63, 3.8) is 0 Å². The Morgan fingerprint density at radius 2 is 0.966 bits per heavy atom. The summed E-state index contributed by atoms with van der Waals surface area (Å²) in [6.45, 7) is 2.98. The Bertz CT molecular complexity index is 1150. The number of hydrogen-bond acceptors (Lipinski definition) is 3. The molecule has 5 heteroatoms. The minimum Gasteiger partial charge on any atom is -0.456 e. The number of ether oxygens (including phenoxy) is 1. The molecule has 2 amide bonds. The molecule has 0 spiro atoms. The number of hydrogen-bond donors (Lipinski definition) is 2. The monoisotopic (exact) mass is 384 g/mol. The Hall–Kier alpha value is -3.86. The number of anilines is 2. The number of carbonyl (C=O) groups excluding carboxylic acids is 2. The van der Waals surface area contributed by atoms with Crippen molar-refractivity contribution in [2.45, 2.75) is 13.8 Å². The zero-order chi connectivity index (χ0) is 20.4. The van der Waals surface area contributed by atoms with Gasteiger partial charge in [-0.05, 0) is 24.3 Å². The smallest absolute Gasteiger partial charge is 0.221 e. The lowest BCUT2D eigenvalue weighted by atomic mass is 10.1. The van der Waals surface area contributed by atoms with E-state index in [2.05, 4.69) is 10.6 Å². The Labute approximate surface area is 168 Å². The maximum atomic E-state index is 11.5. The molecule has 0 heterocycles. The number of amides is 2. The third kappa shape index (κ3) is 3.75. The number of fused-ring (bicyclic) bond motifs is 2. The van der Waals surface area contributed by atoms with E-state index in [1.54, 1.807) is 0 Å². The fraction of sp³-hybridized carbons (Fsp3) is 0.0833. The summed E-state index contributed by atoms with van der Waals surface area (Å²) in [7, 11) is 0. The molecule has 0 unspecified atom stereocenters. The second-order valence-corrected chi connectivity index (χ2v) is 6.78. The predicted molar refractivity (Wildman–Crippen MR) is 117 cm³/mol. The van der Waals surface area contributed by atoms with Gasteiger partial charge >= 0.3 is 0 Å². The lowest BCUT2D eigenvalue weighted by molar-refractivity contribution is -0.115. The molecular formula is C24H20N2O3. The molecule has 0 aliphatic rings. The molecule has 0 aromatic heterocycles. The van der Waals surface area contributed by atoms with Crippen LogP contribution in [0.5, 0.6) is 11.5 Å². The number of carbonyl (C=O) groups is 2. The molecule has 0 atom stereocenters. The van der Waals surface area contributed by atoms with Crippen LogP contribution in [0.25, 0.3) is 21.5 Å². The minimum absolute atomic E-state index is 0.122. The minimum atomic E-state index is -0.122. The molecule has 0 bridgehead atoms. The van der Waals surface area contributed by atoms with Gasteiger partial charge in [0.05, 0.1) is 0 Å². The maximum absolute atomic E-state index is 11.5. The molecule has 5 nitrogen and oxygen atoms in total. The van der Waals surface area contributed by atoms with E-state index in [1.165, 1.54) is 13.8 Å². The van der Waals surface area contributed by atoms with Crippen molar-refractivity contribution < 1.29 is 14.3 Å². The van der Waals surface area contributed by atoms with Crippen molar-refractivity contribution in [1.29, 1.82) is 0 Å².